The van der Waals surface area contributed by atoms with Gasteiger partial charge in [0.25, 0.3) is 5.91 Å². The summed E-state index contributed by atoms with van der Waals surface area (Å²) in [5.41, 5.74) is 1.08. The molecule has 1 heterocycles. The van der Waals surface area contributed by atoms with E-state index in [0.29, 0.717) is 6.54 Å². The van der Waals surface area contributed by atoms with Gasteiger partial charge in [-0.15, -0.1) is 0 Å². The van der Waals surface area contributed by atoms with Gasteiger partial charge < -0.3 is 5.32 Å². The molecule has 7 nitrogen and oxygen atoms in total. The molecule has 3 rings (SSSR count). The molecule has 1 aliphatic rings. The molecule has 2 aromatic carbocycles. The molecule has 0 radical (unpaired) electrons. The second-order valence-electron chi connectivity index (χ2n) is 7.02. The number of nitrogens with zero attached hydrogens (tertiary/aromatic N) is 2. The highest BCUT2D eigenvalue weighted by Crippen LogP contribution is 2.17. The second kappa shape index (κ2) is 7.66. The first-order valence-electron chi connectivity index (χ1n) is 8.69. The quantitative estimate of drug-likeness (QED) is 0.727. The van der Waals surface area contributed by atoms with Gasteiger partial charge in [0.05, 0.1) is 12.4 Å². The molecule has 2 aromatic rings. The fraction of sp³-hybridized carbons (Fsp3) is 0.368. The number of rotatable bonds is 7. The minimum atomic E-state index is -3.18. The van der Waals surface area contributed by atoms with E-state index in [2.05, 4.69) is 11.4 Å². The third-order valence-electron chi connectivity index (χ3n) is 4.53. The van der Waals surface area contributed by atoms with Crippen molar-refractivity contribution in [1.29, 1.82) is 0 Å². The number of amides is 3. The smallest absolute Gasteiger partial charge is 0.325 e. The van der Waals surface area contributed by atoms with Crippen molar-refractivity contribution in [3.8, 4) is 0 Å². The summed E-state index contributed by atoms with van der Waals surface area (Å²) in [4.78, 5) is 27.5. The van der Waals surface area contributed by atoms with Crippen molar-refractivity contribution in [2.24, 2.45) is 0 Å². The van der Waals surface area contributed by atoms with Crippen molar-refractivity contribution in [1.82, 2.24) is 15.1 Å². The predicted molar refractivity (Wildman–Crippen MR) is 104 cm³/mol. The number of nitrogens with one attached hydrogen (secondary N) is 1. The Morgan fingerprint density at radius 1 is 1.11 bits per heavy atom. The van der Waals surface area contributed by atoms with E-state index >= 15 is 0 Å². The normalized spacial score (nSPS) is 17.7. The number of fused-ring (bicyclic) bond motifs is 1. The fourth-order valence-electron chi connectivity index (χ4n) is 3.18. The van der Waals surface area contributed by atoms with Crippen LogP contribution in [-0.2, 0) is 21.2 Å². The van der Waals surface area contributed by atoms with Gasteiger partial charge in [-0.3, -0.25) is 9.69 Å². The number of benzene rings is 2. The molecule has 144 valence electrons. The lowest BCUT2D eigenvalue weighted by molar-refractivity contribution is -0.128. The van der Waals surface area contributed by atoms with Crippen LogP contribution in [0.1, 0.15) is 12.0 Å². The minimum Gasteiger partial charge on any atom is -0.326 e. The molecule has 1 atom stereocenters. The summed E-state index contributed by atoms with van der Waals surface area (Å²) in [6.07, 6.45) is 1.21. The third kappa shape index (κ3) is 4.84. The Balaban J connectivity index is 1.61. The van der Waals surface area contributed by atoms with E-state index in [0.717, 1.165) is 27.5 Å². The lowest BCUT2D eigenvalue weighted by Gasteiger charge is -2.22. The van der Waals surface area contributed by atoms with Crippen LogP contribution < -0.4 is 5.32 Å². The molecule has 1 saturated heterocycles. The number of urea groups is 1. The summed E-state index contributed by atoms with van der Waals surface area (Å²) >= 11 is 0. The van der Waals surface area contributed by atoms with Crippen molar-refractivity contribution in [3.63, 3.8) is 0 Å². The highest BCUT2D eigenvalue weighted by atomic mass is 32.2. The number of hydrogen-bond acceptors (Lipinski definition) is 5. The summed E-state index contributed by atoms with van der Waals surface area (Å²) in [6, 6.07) is 13.0. The zero-order valence-electron chi connectivity index (χ0n) is 15.4. The Morgan fingerprint density at radius 2 is 1.81 bits per heavy atom. The monoisotopic (exact) mass is 389 g/mol. The van der Waals surface area contributed by atoms with Gasteiger partial charge in [0.1, 0.15) is 15.9 Å². The lowest BCUT2D eigenvalue weighted by atomic mass is 10.1. The van der Waals surface area contributed by atoms with Crippen molar-refractivity contribution in [2.45, 2.75) is 19.0 Å². The lowest BCUT2D eigenvalue weighted by Crippen LogP contribution is -2.40. The first-order chi connectivity index (χ1) is 12.7. The van der Waals surface area contributed by atoms with Crippen molar-refractivity contribution in [2.75, 3.05) is 25.7 Å². The van der Waals surface area contributed by atoms with Crippen LogP contribution in [0.4, 0.5) is 4.79 Å². The van der Waals surface area contributed by atoms with Gasteiger partial charge in [0, 0.05) is 12.8 Å². The van der Waals surface area contributed by atoms with Crippen LogP contribution in [0.3, 0.4) is 0 Å². The van der Waals surface area contributed by atoms with E-state index in [-0.39, 0.29) is 24.7 Å². The number of carbonyl (C=O) groups excluding carboxylic acids is 2. The topological polar surface area (TPSA) is 86.8 Å². The average Bonchev–Trinajstić information content (AvgIpc) is 2.87. The van der Waals surface area contributed by atoms with Crippen LogP contribution in [0.2, 0.25) is 0 Å². The van der Waals surface area contributed by atoms with E-state index in [1.807, 2.05) is 48.3 Å². The minimum absolute atomic E-state index is 0.0916. The third-order valence-corrected chi connectivity index (χ3v) is 5.51. The molecule has 8 heteroatoms. The summed E-state index contributed by atoms with van der Waals surface area (Å²) in [7, 11) is -1.35. The molecule has 1 N–H and O–H groups in total. The Labute approximate surface area is 158 Å². The summed E-state index contributed by atoms with van der Waals surface area (Å²) in [5.74, 6) is -0.515. The molecular formula is C19H23N3O4S. The maximum atomic E-state index is 12.4. The summed E-state index contributed by atoms with van der Waals surface area (Å²) < 4.78 is 22.6. The highest BCUT2D eigenvalue weighted by Gasteiger charge is 2.38. The standard InChI is InChI=1S/C19H23N3O4S/c1-21(12-14-7-8-15-5-3-4-6-16(15)11-14)13-22-18(23)17(20-19(22)24)9-10-27(2,25)26/h3-8,11,17H,9-10,12-13H2,1-2H3,(H,20,24)/t17-/m0/s1. The zero-order chi connectivity index (χ0) is 19.6. The van der Waals surface area contributed by atoms with E-state index < -0.39 is 21.9 Å². The van der Waals surface area contributed by atoms with E-state index in [4.69, 9.17) is 0 Å². The zero-order valence-corrected chi connectivity index (χ0v) is 16.2. The number of hydrogen-bond donors (Lipinski definition) is 1. The largest absolute Gasteiger partial charge is 0.326 e. The van der Waals surface area contributed by atoms with Gasteiger partial charge in [-0.05, 0) is 35.9 Å². The molecule has 0 saturated carbocycles. The number of carbonyl (C=O) groups is 2. The maximum absolute atomic E-state index is 12.4. The van der Waals surface area contributed by atoms with Gasteiger partial charge in [0.15, 0.2) is 0 Å². The van der Waals surface area contributed by atoms with E-state index in [1.165, 1.54) is 0 Å². The SMILES string of the molecule is CN(Cc1ccc2ccccc2c1)CN1C(=O)N[C@@H](CCS(C)(=O)=O)C1=O. The van der Waals surface area contributed by atoms with Gasteiger partial charge in [-0.25, -0.2) is 18.1 Å². The fourth-order valence-corrected chi connectivity index (χ4v) is 3.84. The van der Waals surface area contributed by atoms with Gasteiger partial charge >= 0.3 is 6.03 Å². The number of sulfone groups is 1. The summed E-state index contributed by atoms with van der Waals surface area (Å²) in [5, 5.41) is 4.86. The van der Waals surface area contributed by atoms with Crippen LogP contribution in [-0.4, -0.2) is 61.9 Å². The first kappa shape index (κ1) is 19.3. The molecule has 0 aliphatic carbocycles. The molecule has 1 fully saturated rings. The van der Waals surface area contributed by atoms with Gasteiger partial charge in [-0.2, -0.15) is 0 Å². The Hall–Kier alpha value is -2.45. The van der Waals surface area contributed by atoms with E-state index in [1.54, 1.807) is 0 Å². The van der Waals surface area contributed by atoms with E-state index in [9.17, 15) is 18.0 Å². The Kier molecular flexibility index (Phi) is 5.48. The van der Waals surface area contributed by atoms with Crippen LogP contribution in [0.25, 0.3) is 10.8 Å². The second-order valence-corrected chi connectivity index (χ2v) is 9.28. The van der Waals surface area contributed by atoms with Crippen molar-refractivity contribution in [3.05, 3.63) is 48.0 Å². The maximum Gasteiger partial charge on any atom is 0.325 e. The Bertz CT molecular complexity index is 974. The number of imide groups is 1. The highest BCUT2D eigenvalue weighted by molar-refractivity contribution is 7.90. The van der Waals surface area contributed by atoms with Gasteiger partial charge in [0.2, 0.25) is 0 Å². The molecular weight excluding hydrogens is 366 g/mol. The van der Waals surface area contributed by atoms with Crippen LogP contribution in [0.5, 0.6) is 0 Å². The first-order valence-corrected chi connectivity index (χ1v) is 10.7. The van der Waals surface area contributed by atoms with Crippen molar-refractivity contribution < 1.29 is 18.0 Å². The Morgan fingerprint density at radius 3 is 2.52 bits per heavy atom. The van der Waals surface area contributed by atoms with Gasteiger partial charge in [-0.1, -0.05) is 36.4 Å². The molecule has 1 aliphatic heterocycles. The van der Waals surface area contributed by atoms with Crippen LogP contribution in [0, 0.1) is 0 Å². The predicted octanol–water partition coefficient (Wildman–Crippen LogP) is 1.58. The van der Waals surface area contributed by atoms with Crippen molar-refractivity contribution >= 4 is 32.5 Å². The van der Waals surface area contributed by atoms with Crippen LogP contribution in [0.15, 0.2) is 42.5 Å². The molecule has 27 heavy (non-hydrogen) atoms. The average molecular weight is 389 g/mol. The molecule has 0 unspecified atom stereocenters. The summed E-state index contributed by atoms with van der Waals surface area (Å²) in [6.45, 7) is 0.725. The molecule has 0 aromatic heterocycles. The molecule has 3 amide bonds. The molecule has 0 spiro atoms. The molecule has 0 bridgehead atoms. The van der Waals surface area contributed by atoms with Crippen LogP contribution >= 0.6 is 0 Å².